The molecule has 3 aliphatic rings. The van der Waals surface area contributed by atoms with Crippen molar-refractivity contribution >= 4 is 23.0 Å². The second-order valence-corrected chi connectivity index (χ2v) is 10.6. The maximum Gasteiger partial charge on any atom is 0.265 e. The van der Waals surface area contributed by atoms with Crippen molar-refractivity contribution in [1.29, 1.82) is 0 Å². The number of hydrogen-bond donors (Lipinski definition) is 3. The number of nitrogens with zero attached hydrogens (tertiary/aromatic N) is 2. The average molecular weight is 518 g/mol. The number of nitrogens with two attached hydrogens (primary N) is 1. The molecule has 0 bridgehead atoms. The number of rotatable bonds is 4. The van der Waals surface area contributed by atoms with Crippen LogP contribution in [0.4, 0.5) is 5.69 Å². The van der Waals surface area contributed by atoms with E-state index < -0.39 is 46.7 Å². The Bertz CT molecular complexity index is 1480. The van der Waals surface area contributed by atoms with Crippen LogP contribution < -0.4 is 10.5 Å². The van der Waals surface area contributed by atoms with Crippen LogP contribution in [-0.4, -0.2) is 57.3 Å². The highest BCUT2D eigenvalue weighted by Gasteiger charge is 2.67. The number of carbonyl (C=O) groups is 3. The number of hydrogen-bond acceptors (Lipinski definition) is 10. The van der Waals surface area contributed by atoms with Gasteiger partial charge in [-0.25, -0.2) is 0 Å². The Morgan fingerprint density at radius 3 is 2.61 bits per heavy atom. The summed E-state index contributed by atoms with van der Waals surface area (Å²) in [6, 6.07) is 11.5. The summed E-state index contributed by atoms with van der Waals surface area (Å²) >= 11 is 0. The number of ether oxygens (including phenoxy) is 1. The van der Waals surface area contributed by atoms with Gasteiger partial charge in [0.05, 0.1) is 17.5 Å². The van der Waals surface area contributed by atoms with Crippen molar-refractivity contribution in [2.24, 2.45) is 17.8 Å². The Labute approximate surface area is 218 Å². The fourth-order valence-corrected chi connectivity index (χ4v) is 6.52. The van der Waals surface area contributed by atoms with E-state index in [0.29, 0.717) is 17.7 Å². The van der Waals surface area contributed by atoms with Crippen LogP contribution in [0, 0.1) is 17.8 Å². The van der Waals surface area contributed by atoms with Gasteiger partial charge >= 0.3 is 0 Å². The van der Waals surface area contributed by atoms with E-state index in [4.69, 9.17) is 15.0 Å². The summed E-state index contributed by atoms with van der Waals surface area (Å²) in [6.07, 6.45) is 0.494. The molecule has 0 amide bonds. The predicted molar refractivity (Wildman–Crippen MR) is 134 cm³/mol. The highest BCUT2D eigenvalue weighted by Crippen LogP contribution is 2.55. The Balaban J connectivity index is 1.42. The van der Waals surface area contributed by atoms with Crippen LogP contribution in [0.15, 0.2) is 47.0 Å². The molecule has 3 aliphatic carbocycles. The third-order valence-corrected chi connectivity index (χ3v) is 8.14. The maximum absolute atomic E-state index is 14.0. The molecule has 196 valence electrons. The summed E-state index contributed by atoms with van der Waals surface area (Å²) in [7, 11) is 3.52. The SMILES string of the molecule is CN(C)[C@@H]1c2onc(OCc3ccccc3)c2C(=O)[C@@]2(O)C(=O)C3C(=O)c4c(O)cc(N)cc4C[C@H]3C[C@@H]12. The van der Waals surface area contributed by atoms with Crippen molar-refractivity contribution in [2.45, 2.75) is 31.1 Å². The molecule has 6 rings (SSSR count). The van der Waals surface area contributed by atoms with Gasteiger partial charge in [0.2, 0.25) is 5.78 Å². The molecule has 38 heavy (non-hydrogen) atoms. The van der Waals surface area contributed by atoms with Crippen molar-refractivity contribution in [3.63, 3.8) is 0 Å². The molecular formula is C28H27N3O7. The van der Waals surface area contributed by atoms with E-state index in [1.54, 1.807) is 25.1 Å². The first-order chi connectivity index (χ1) is 18.1. The molecule has 10 nitrogen and oxygen atoms in total. The van der Waals surface area contributed by atoms with E-state index in [1.165, 1.54) is 6.07 Å². The van der Waals surface area contributed by atoms with Crippen LogP contribution in [0.5, 0.6) is 11.6 Å². The van der Waals surface area contributed by atoms with Gasteiger partial charge < -0.3 is 25.2 Å². The minimum Gasteiger partial charge on any atom is -0.507 e. The van der Waals surface area contributed by atoms with E-state index in [9.17, 15) is 24.6 Å². The van der Waals surface area contributed by atoms with Crippen LogP contribution in [0.1, 0.15) is 50.1 Å². The van der Waals surface area contributed by atoms with Gasteiger partial charge in [0.25, 0.3) is 5.88 Å². The molecule has 4 N–H and O–H groups in total. The van der Waals surface area contributed by atoms with Gasteiger partial charge in [-0.15, -0.1) is 0 Å². The lowest BCUT2D eigenvalue weighted by Crippen LogP contribution is -2.66. The summed E-state index contributed by atoms with van der Waals surface area (Å²) in [4.78, 5) is 43.3. The second kappa shape index (κ2) is 8.50. The molecule has 3 aromatic rings. The van der Waals surface area contributed by atoms with Crippen molar-refractivity contribution in [3.8, 4) is 11.6 Å². The van der Waals surface area contributed by atoms with Gasteiger partial charge in [0.15, 0.2) is 22.9 Å². The molecule has 10 heteroatoms. The number of ketones is 3. The molecule has 1 aromatic heterocycles. The predicted octanol–water partition coefficient (Wildman–Crippen LogP) is 2.33. The number of carbonyl (C=O) groups excluding carboxylic acids is 3. The van der Waals surface area contributed by atoms with Crippen LogP contribution in [0.3, 0.4) is 0 Å². The molecule has 1 unspecified atom stereocenters. The molecule has 0 spiro atoms. The number of phenolic OH excluding ortho intramolecular Hbond substituents is 1. The highest BCUT2D eigenvalue weighted by atomic mass is 16.5. The zero-order valence-electron chi connectivity index (χ0n) is 20.9. The van der Waals surface area contributed by atoms with E-state index in [-0.39, 0.29) is 41.5 Å². The Morgan fingerprint density at radius 2 is 1.89 bits per heavy atom. The van der Waals surface area contributed by atoms with E-state index in [0.717, 1.165) is 5.56 Å². The minimum absolute atomic E-state index is 0.0146. The fourth-order valence-electron chi connectivity index (χ4n) is 6.52. The first kappa shape index (κ1) is 24.3. The zero-order valence-corrected chi connectivity index (χ0v) is 20.9. The van der Waals surface area contributed by atoms with Crippen molar-refractivity contribution in [2.75, 3.05) is 19.8 Å². The van der Waals surface area contributed by atoms with E-state index >= 15 is 0 Å². The summed E-state index contributed by atoms with van der Waals surface area (Å²) in [5.41, 5.74) is 5.00. The molecular weight excluding hydrogens is 490 g/mol. The van der Waals surface area contributed by atoms with Crippen LogP contribution >= 0.6 is 0 Å². The van der Waals surface area contributed by atoms with E-state index in [2.05, 4.69) is 5.16 Å². The molecule has 1 heterocycles. The third-order valence-electron chi connectivity index (χ3n) is 8.14. The quantitative estimate of drug-likeness (QED) is 0.347. The average Bonchev–Trinajstić information content (AvgIpc) is 3.28. The number of anilines is 1. The number of Topliss-reactive ketones (excluding diaryl/α,β-unsaturated/α-hetero) is 3. The Morgan fingerprint density at radius 1 is 1.16 bits per heavy atom. The number of fused-ring (bicyclic) bond motifs is 4. The lowest BCUT2D eigenvalue weighted by atomic mass is 9.54. The topological polar surface area (TPSA) is 156 Å². The van der Waals surface area contributed by atoms with Gasteiger partial charge in [-0.1, -0.05) is 30.3 Å². The van der Waals surface area contributed by atoms with Crippen LogP contribution in [0.2, 0.25) is 0 Å². The first-order valence-corrected chi connectivity index (χ1v) is 12.4. The normalized spacial score (nSPS) is 27.9. The van der Waals surface area contributed by atoms with E-state index in [1.807, 2.05) is 30.3 Å². The fraction of sp³-hybridized carbons (Fsp3) is 0.357. The summed E-state index contributed by atoms with van der Waals surface area (Å²) in [5.74, 6) is -5.23. The molecule has 2 aromatic carbocycles. The minimum atomic E-state index is -2.49. The van der Waals surface area contributed by atoms with Crippen molar-refractivity contribution in [1.82, 2.24) is 10.1 Å². The summed E-state index contributed by atoms with van der Waals surface area (Å²) < 4.78 is 11.4. The number of benzene rings is 2. The molecule has 0 aliphatic heterocycles. The standard InChI is InChI=1S/C28H27N3O7/c1-31(2)22-17-10-15-8-14-9-16(29)11-18(32)19(14)23(33)20(15)25(34)28(17,36)26(35)21-24(22)38-30-27(21)37-12-13-6-4-3-5-7-13/h3-7,9,11,15,17,20,22,32,36H,8,10,12,29H2,1-2H3/t15-,17-,20?,22-,28-/m0/s1. The Kier molecular flexibility index (Phi) is 5.44. The summed E-state index contributed by atoms with van der Waals surface area (Å²) in [5, 5.41) is 26.4. The molecule has 0 radical (unpaired) electrons. The molecule has 0 saturated heterocycles. The van der Waals surface area contributed by atoms with Gasteiger partial charge in [0.1, 0.15) is 17.9 Å². The van der Waals surface area contributed by atoms with Crippen molar-refractivity contribution in [3.05, 3.63) is 70.5 Å². The number of aromatic hydroxyl groups is 1. The molecule has 1 saturated carbocycles. The number of nitrogen functional groups attached to an aromatic ring is 1. The number of phenols is 1. The first-order valence-electron chi connectivity index (χ1n) is 12.4. The van der Waals surface area contributed by atoms with Crippen molar-refractivity contribution < 1.29 is 33.9 Å². The highest BCUT2D eigenvalue weighted by molar-refractivity contribution is 6.26. The van der Waals surface area contributed by atoms with Crippen LogP contribution in [0.25, 0.3) is 0 Å². The lowest BCUT2D eigenvalue weighted by Gasteiger charge is -2.50. The maximum atomic E-state index is 14.0. The van der Waals surface area contributed by atoms with Gasteiger partial charge in [-0.05, 0) is 55.2 Å². The second-order valence-electron chi connectivity index (χ2n) is 10.6. The number of aromatic nitrogens is 1. The van der Waals surface area contributed by atoms with Gasteiger partial charge in [-0.3, -0.25) is 19.3 Å². The smallest absolute Gasteiger partial charge is 0.265 e. The Hall–Kier alpha value is -4.02. The van der Waals surface area contributed by atoms with Gasteiger partial charge in [0, 0.05) is 17.7 Å². The lowest BCUT2D eigenvalue weighted by molar-refractivity contribution is -0.153. The van der Waals surface area contributed by atoms with Gasteiger partial charge in [-0.2, -0.15) is 0 Å². The largest absolute Gasteiger partial charge is 0.507 e. The molecule has 1 fully saturated rings. The third kappa shape index (κ3) is 3.33. The van der Waals surface area contributed by atoms with Crippen LogP contribution in [-0.2, 0) is 17.8 Å². The monoisotopic (exact) mass is 517 g/mol. The summed E-state index contributed by atoms with van der Waals surface area (Å²) in [6.45, 7) is 0.0951. The zero-order chi connectivity index (χ0) is 26.9. The number of aliphatic hydroxyl groups is 1. The molecule has 5 atom stereocenters.